The van der Waals surface area contributed by atoms with Gasteiger partial charge in [-0.25, -0.2) is 8.42 Å². The second-order valence-corrected chi connectivity index (χ2v) is 9.48. The Hall–Kier alpha value is -2.38. The molecule has 6 nitrogen and oxygen atoms in total. The number of nitrogens with zero attached hydrogens (tertiary/aromatic N) is 1. The number of amides is 1. The van der Waals surface area contributed by atoms with Gasteiger partial charge in [0.15, 0.2) is 0 Å². The number of hydrogen-bond donors (Lipinski definition) is 1. The van der Waals surface area contributed by atoms with E-state index in [2.05, 4.69) is 5.32 Å². The Kier molecular flexibility index (Phi) is 8.87. The second-order valence-electron chi connectivity index (χ2n) is 7.57. The molecular formula is C23H32N2O4S. The maximum absolute atomic E-state index is 12.4. The molecule has 0 radical (unpaired) electrons. The van der Waals surface area contributed by atoms with Crippen molar-refractivity contribution in [2.45, 2.75) is 40.2 Å². The van der Waals surface area contributed by atoms with Crippen LogP contribution >= 0.6 is 0 Å². The van der Waals surface area contributed by atoms with Crippen molar-refractivity contribution < 1.29 is 17.9 Å². The Morgan fingerprint density at radius 3 is 2.30 bits per heavy atom. The van der Waals surface area contributed by atoms with Gasteiger partial charge in [0.1, 0.15) is 0 Å². The SMILES string of the molecule is Cc1cc(C)c(N(CCCC(=O)NCCOCc2ccccc2)S(C)(=O)=O)c(C)c1. The van der Waals surface area contributed by atoms with E-state index in [4.69, 9.17) is 4.74 Å². The Balaban J connectivity index is 1.79. The first-order valence-electron chi connectivity index (χ1n) is 10.1. The molecule has 2 aromatic rings. The highest BCUT2D eigenvalue weighted by molar-refractivity contribution is 7.92. The smallest absolute Gasteiger partial charge is 0.232 e. The predicted molar refractivity (Wildman–Crippen MR) is 121 cm³/mol. The third-order valence-electron chi connectivity index (χ3n) is 4.73. The number of aryl methyl sites for hydroxylation is 3. The fourth-order valence-electron chi connectivity index (χ4n) is 3.51. The van der Waals surface area contributed by atoms with Gasteiger partial charge in [-0.05, 0) is 43.9 Å². The number of sulfonamides is 1. The van der Waals surface area contributed by atoms with Crippen LogP contribution in [0.3, 0.4) is 0 Å². The van der Waals surface area contributed by atoms with E-state index >= 15 is 0 Å². The molecule has 0 saturated carbocycles. The van der Waals surface area contributed by atoms with Crippen molar-refractivity contribution in [3.05, 3.63) is 64.7 Å². The Morgan fingerprint density at radius 1 is 1.07 bits per heavy atom. The summed E-state index contributed by atoms with van der Waals surface area (Å²) >= 11 is 0. The number of hydrogen-bond acceptors (Lipinski definition) is 4. The normalized spacial score (nSPS) is 11.3. The number of anilines is 1. The van der Waals surface area contributed by atoms with Crippen LogP contribution in [0.15, 0.2) is 42.5 Å². The topological polar surface area (TPSA) is 75.7 Å². The summed E-state index contributed by atoms with van der Waals surface area (Å²) in [4.78, 5) is 12.1. The zero-order valence-electron chi connectivity index (χ0n) is 18.3. The van der Waals surface area contributed by atoms with Crippen LogP contribution in [-0.4, -0.2) is 40.3 Å². The van der Waals surface area contributed by atoms with Crippen molar-refractivity contribution in [1.29, 1.82) is 0 Å². The molecule has 0 atom stereocenters. The summed E-state index contributed by atoms with van der Waals surface area (Å²) in [5, 5.41) is 2.82. The third kappa shape index (κ3) is 7.46. The lowest BCUT2D eigenvalue weighted by Crippen LogP contribution is -2.33. The molecule has 7 heteroatoms. The Labute approximate surface area is 180 Å². The second kappa shape index (κ2) is 11.1. The van der Waals surface area contributed by atoms with Crippen LogP contribution in [0.4, 0.5) is 5.69 Å². The molecule has 0 aromatic heterocycles. The molecule has 0 spiro atoms. The molecule has 0 fully saturated rings. The first kappa shape index (κ1) is 23.9. The molecule has 0 aliphatic rings. The predicted octanol–water partition coefficient (Wildman–Crippen LogP) is 3.49. The van der Waals surface area contributed by atoms with E-state index in [1.165, 1.54) is 10.6 Å². The largest absolute Gasteiger partial charge is 0.375 e. The maximum Gasteiger partial charge on any atom is 0.232 e. The number of carbonyl (C=O) groups excluding carboxylic acids is 1. The average Bonchev–Trinajstić information content (AvgIpc) is 2.66. The lowest BCUT2D eigenvalue weighted by Gasteiger charge is -2.26. The summed E-state index contributed by atoms with van der Waals surface area (Å²) in [6, 6.07) is 13.8. The van der Waals surface area contributed by atoms with Crippen LogP contribution < -0.4 is 9.62 Å². The van der Waals surface area contributed by atoms with E-state index in [0.29, 0.717) is 31.9 Å². The quantitative estimate of drug-likeness (QED) is 0.552. The van der Waals surface area contributed by atoms with E-state index in [1.54, 1.807) is 0 Å². The summed E-state index contributed by atoms with van der Waals surface area (Å²) in [7, 11) is -3.44. The molecule has 0 bridgehead atoms. The van der Waals surface area contributed by atoms with Crippen molar-refractivity contribution in [3.8, 4) is 0 Å². The van der Waals surface area contributed by atoms with E-state index in [0.717, 1.165) is 22.3 Å². The van der Waals surface area contributed by atoms with Crippen LogP contribution in [0.5, 0.6) is 0 Å². The van der Waals surface area contributed by atoms with Gasteiger partial charge in [0.05, 0.1) is 25.2 Å². The molecule has 0 saturated heterocycles. The zero-order valence-corrected chi connectivity index (χ0v) is 19.1. The highest BCUT2D eigenvalue weighted by Gasteiger charge is 2.21. The number of rotatable bonds is 11. The number of ether oxygens (including phenoxy) is 1. The monoisotopic (exact) mass is 432 g/mol. The van der Waals surface area contributed by atoms with Crippen LogP contribution in [0.2, 0.25) is 0 Å². The third-order valence-corrected chi connectivity index (χ3v) is 5.90. The summed E-state index contributed by atoms with van der Waals surface area (Å²) in [6.07, 6.45) is 1.90. The maximum atomic E-state index is 12.4. The van der Waals surface area contributed by atoms with E-state index in [1.807, 2.05) is 63.2 Å². The highest BCUT2D eigenvalue weighted by atomic mass is 32.2. The summed E-state index contributed by atoms with van der Waals surface area (Å²) in [5.41, 5.74) is 4.72. The molecule has 1 amide bonds. The lowest BCUT2D eigenvalue weighted by molar-refractivity contribution is -0.121. The molecule has 1 N–H and O–H groups in total. The molecule has 0 heterocycles. The summed E-state index contributed by atoms with van der Waals surface area (Å²) in [6.45, 7) is 7.44. The highest BCUT2D eigenvalue weighted by Crippen LogP contribution is 2.28. The lowest BCUT2D eigenvalue weighted by atomic mass is 10.0. The molecule has 0 aliphatic heterocycles. The van der Waals surface area contributed by atoms with Gasteiger partial charge < -0.3 is 10.1 Å². The van der Waals surface area contributed by atoms with Crippen molar-refractivity contribution in [1.82, 2.24) is 5.32 Å². The minimum absolute atomic E-state index is 0.107. The van der Waals surface area contributed by atoms with Gasteiger partial charge in [-0.2, -0.15) is 0 Å². The van der Waals surface area contributed by atoms with Crippen LogP contribution in [0, 0.1) is 20.8 Å². The summed E-state index contributed by atoms with van der Waals surface area (Å²) < 4.78 is 31.7. The first-order chi connectivity index (χ1) is 14.2. The standard InChI is InChI=1S/C23H32N2O4S/c1-18-15-19(2)23(20(3)16-18)25(30(4,27)28)13-8-11-22(26)24-12-14-29-17-21-9-6-5-7-10-21/h5-7,9-10,15-16H,8,11-14,17H2,1-4H3,(H,24,26). The van der Waals surface area contributed by atoms with Gasteiger partial charge in [-0.15, -0.1) is 0 Å². The summed E-state index contributed by atoms with van der Waals surface area (Å²) in [5.74, 6) is -0.107. The Bertz CT molecular complexity index is 920. The van der Waals surface area contributed by atoms with Crippen LogP contribution in [0.1, 0.15) is 35.1 Å². The first-order valence-corrected chi connectivity index (χ1v) is 12.0. The Morgan fingerprint density at radius 2 is 1.70 bits per heavy atom. The molecule has 0 aliphatic carbocycles. The fourth-order valence-corrected chi connectivity index (χ4v) is 4.59. The van der Waals surface area contributed by atoms with Gasteiger partial charge in [-0.3, -0.25) is 9.10 Å². The molecule has 30 heavy (non-hydrogen) atoms. The van der Waals surface area contributed by atoms with Gasteiger partial charge >= 0.3 is 0 Å². The molecular weight excluding hydrogens is 400 g/mol. The van der Waals surface area contributed by atoms with Gasteiger partial charge in [0.25, 0.3) is 0 Å². The van der Waals surface area contributed by atoms with E-state index < -0.39 is 10.0 Å². The average molecular weight is 433 g/mol. The number of carbonyl (C=O) groups is 1. The zero-order chi connectivity index (χ0) is 22.1. The van der Waals surface area contributed by atoms with E-state index in [9.17, 15) is 13.2 Å². The number of nitrogens with one attached hydrogen (secondary N) is 1. The molecule has 2 aromatic carbocycles. The van der Waals surface area contributed by atoms with Crippen LogP contribution in [0.25, 0.3) is 0 Å². The van der Waals surface area contributed by atoms with Crippen molar-refractivity contribution in [2.24, 2.45) is 0 Å². The van der Waals surface area contributed by atoms with Crippen molar-refractivity contribution in [3.63, 3.8) is 0 Å². The van der Waals surface area contributed by atoms with Gasteiger partial charge in [0, 0.05) is 19.5 Å². The molecule has 164 valence electrons. The van der Waals surface area contributed by atoms with Gasteiger partial charge in [0.2, 0.25) is 15.9 Å². The van der Waals surface area contributed by atoms with Crippen LogP contribution in [-0.2, 0) is 26.2 Å². The molecule has 0 unspecified atom stereocenters. The molecule has 2 rings (SSSR count). The van der Waals surface area contributed by atoms with E-state index in [-0.39, 0.29) is 18.9 Å². The van der Waals surface area contributed by atoms with Gasteiger partial charge in [-0.1, -0.05) is 48.0 Å². The fraction of sp³-hybridized carbons (Fsp3) is 0.435. The number of benzene rings is 2. The minimum Gasteiger partial charge on any atom is -0.375 e. The van der Waals surface area contributed by atoms with Crippen molar-refractivity contribution >= 4 is 21.6 Å². The van der Waals surface area contributed by atoms with Crippen molar-refractivity contribution in [2.75, 3.05) is 30.3 Å². The minimum atomic E-state index is -3.44.